The third-order valence-electron chi connectivity index (χ3n) is 2.67. The summed E-state index contributed by atoms with van der Waals surface area (Å²) in [4.78, 5) is 3.96. The van der Waals surface area contributed by atoms with E-state index in [1.165, 1.54) is 18.2 Å². The molecule has 0 unspecified atom stereocenters. The second-order valence-corrected chi connectivity index (χ2v) is 4.26. The number of nitrogens with zero attached hydrogens (tertiary/aromatic N) is 1. The molecule has 22 heavy (non-hydrogen) atoms. The van der Waals surface area contributed by atoms with Crippen LogP contribution in [0.5, 0.6) is 5.75 Å². The van der Waals surface area contributed by atoms with Crippen LogP contribution in [0.3, 0.4) is 0 Å². The van der Waals surface area contributed by atoms with Crippen LogP contribution in [0.4, 0.5) is 13.2 Å². The van der Waals surface area contributed by atoms with Crippen molar-refractivity contribution in [3.05, 3.63) is 29.8 Å². The zero-order chi connectivity index (χ0) is 16.4. The summed E-state index contributed by atoms with van der Waals surface area (Å²) in [5.41, 5.74) is -0.780. The molecule has 0 aliphatic heterocycles. The van der Waals surface area contributed by atoms with E-state index in [-0.39, 0.29) is 12.4 Å². The van der Waals surface area contributed by atoms with Gasteiger partial charge in [-0.05, 0) is 12.1 Å². The summed E-state index contributed by atoms with van der Waals surface area (Å²) in [6, 6.07) is 5.13. The number of hydrogen-bond acceptors (Lipinski definition) is 3. The van der Waals surface area contributed by atoms with E-state index < -0.39 is 11.7 Å². The average Bonchev–Trinajstić information content (AvgIpc) is 2.49. The van der Waals surface area contributed by atoms with E-state index in [9.17, 15) is 13.2 Å². The summed E-state index contributed by atoms with van der Waals surface area (Å²) in [5, 5.41) is 5.92. The van der Waals surface area contributed by atoms with Crippen LogP contribution >= 0.6 is 0 Å². The van der Waals surface area contributed by atoms with Crippen LogP contribution in [-0.4, -0.2) is 46.4 Å². The summed E-state index contributed by atoms with van der Waals surface area (Å²) in [5.74, 6) is 0.351. The van der Waals surface area contributed by atoms with Crippen LogP contribution in [0.25, 0.3) is 0 Å². The van der Waals surface area contributed by atoms with E-state index in [1.54, 1.807) is 14.2 Å². The largest absolute Gasteiger partial charge is 0.491 e. The minimum absolute atomic E-state index is 0.0814. The Bertz CT molecular complexity index is 479. The van der Waals surface area contributed by atoms with Gasteiger partial charge < -0.3 is 20.1 Å². The number of halogens is 3. The zero-order valence-corrected chi connectivity index (χ0v) is 12.5. The topological polar surface area (TPSA) is 54.9 Å². The number of para-hydroxylation sites is 1. The van der Waals surface area contributed by atoms with Crippen molar-refractivity contribution in [1.29, 1.82) is 0 Å². The maximum Gasteiger partial charge on any atom is 0.419 e. The van der Waals surface area contributed by atoms with Crippen LogP contribution in [-0.2, 0) is 10.9 Å². The highest BCUT2D eigenvalue weighted by Gasteiger charge is 2.33. The Hall–Kier alpha value is -1.96. The Morgan fingerprint density at radius 2 is 1.77 bits per heavy atom. The normalized spacial score (nSPS) is 12.1. The molecular formula is C14H20F3N3O2. The molecule has 0 aliphatic rings. The van der Waals surface area contributed by atoms with Gasteiger partial charge in [0.05, 0.1) is 18.7 Å². The highest BCUT2D eigenvalue weighted by Crippen LogP contribution is 2.35. The quantitative estimate of drug-likeness (QED) is 0.458. The Balaban J connectivity index is 2.42. The highest BCUT2D eigenvalue weighted by molar-refractivity contribution is 5.79. The second-order valence-electron chi connectivity index (χ2n) is 4.26. The number of ether oxygens (including phenoxy) is 2. The molecule has 8 heteroatoms. The number of hydrogen-bond donors (Lipinski definition) is 2. The standard InChI is InChI=1S/C14H20F3N3O2/c1-18-13(19-7-9-21-2)20-8-10-22-12-6-4-3-5-11(12)14(15,16)17/h3-6H,7-10H2,1-2H3,(H2,18,19,20). The van der Waals surface area contributed by atoms with Crippen molar-refractivity contribution in [2.24, 2.45) is 4.99 Å². The second kappa shape index (κ2) is 9.14. The molecule has 0 aromatic heterocycles. The molecule has 0 bridgehead atoms. The number of guanidine groups is 1. The van der Waals surface area contributed by atoms with Crippen LogP contribution in [0.1, 0.15) is 5.56 Å². The van der Waals surface area contributed by atoms with Gasteiger partial charge in [-0.15, -0.1) is 0 Å². The van der Waals surface area contributed by atoms with Gasteiger partial charge in [0.1, 0.15) is 12.4 Å². The zero-order valence-electron chi connectivity index (χ0n) is 12.5. The lowest BCUT2D eigenvalue weighted by Gasteiger charge is -2.15. The SMILES string of the molecule is CN=C(NCCOC)NCCOc1ccccc1C(F)(F)F. The van der Waals surface area contributed by atoms with Crippen molar-refractivity contribution in [3.63, 3.8) is 0 Å². The van der Waals surface area contributed by atoms with Crippen molar-refractivity contribution < 1.29 is 22.6 Å². The molecular weight excluding hydrogens is 299 g/mol. The van der Waals surface area contributed by atoms with Gasteiger partial charge in [-0.3, -0.25) is 4.99 Å². The first-order chi connectivity index (χ1) is 10.5. The molecule has 0 heterocycles. The first-order valence-corrected chi connectivity index (χ1v) is 6.71. The van der Waals surface area contributed by atoms with Gasteiger partial charge in [0.15, 0.2) is 5.96 Å². The fraction of sp³-hybridized carbons (Fsp3) is 0.500. The summed E-state index contributed by atoms with van der Waals surface area (Å²) >= 11 is 0. The summed E-state index contributed by atoms with van der Waals surface area (Å²) in [7, 11) is 3.19. The number of benzene rings is 1. The minimum atomic E-state index is -4.43. The first-order valence-electron chi connectivity index (χ1n) is 6.71. The number of aliphatic imine (C=N–C) groups is 1. The predicted molar refractivity (Wildman–Crippen MR) is 78.2 cm³/mol. The first kappa shape index (κ1) is 18.1. The van der Waals surface area contributed by atoms with E-state index in [0.717, 1.165) is 6.07 Å². The predicted octanol–water partition coefficient (Wildman–Crippen LogP) is 1.90. The number of methoxy groups -OCH3 is 1. The van der Waals surface area contributed by atoms with E-state index in [0.29, 0.717) is 25.7 Å². The van der Waals surface area contributed by atoms with E-state index in [4.69, 9.17) is 9.47 Å². The lowest BCUT2D eigenvalue weighted by molar-refractivity contribution is -0.138. The van der Waals surface area contributed by atoms with Crippen molar-refractivity contribution in [2.75, 3.05) is 40.5 Å². The van der Waals surface area contributed by atoms with Gasteiger partial charge >= 0.3 is 6.18 Å². The Labute approximate surface area is 127 Å². The van der Waals surface area contributed by atoms with Crippen LogP contribution in [0.2, 0.25) is 0 Å². The monoisotopic (exact) mass is 319 g/mol. The summed E-state index contributed by atoms with van der Waals surface area (Å²) < 4.78 is 48.4. The molecule has 0 amide bonds. The third kappa shape index (κ3) is 6.21. The molecule has 124 valence electrons. The van der Waals surface area contributed by atoms with Crippen molar-refractivity contribution >= 4 is 5.96 Å². The maximum atomic E-state index is 12.8. The number of rotatable bonds is 7. The van der Waals surface area contributed by atoms with Gasteiger partial charge in [-0.1, -0.05) is 12.1 Å². The molecule has 1 aromatic carbocycles. The van der Waals surface area contributed by atoms with Gasteiger partial charge in [0, 0.05) is 20.7 Å². The smallest absolute Gasteiger partial charge is 0.419 e. The molecule has 0 spiro atoms. The molecule has 0 fully saturated rings. The minimum Gasteiger partial charge on any atom is -0.491 e. The fourth-order valence-corrected chi connectivity index (χ4v) is 1.65. The fourth-order valence-electron chi connectivity index (χ4n) is 1.65. The molecule has 0 radical (unpaired) electrons. The molecule has 5 nitrogen and oxygen atoms in total. The highest BCUT2D eigenvalue weighted by atomic mass is 19.4. The Morgan fingerprint density at radius 3 is 2.36 bits per heavy atom. The molecule has 2 N–H and O–H groups in total. The van der Waals surface area contributed by atoms with Crippen LogP contribution in [0, 0.1) is 0 Å². The average molecular weight is 319 g/mol. The van der Waals surface area contributed by atoms with Gasteiger partial charge in [-0.2, -0.15) is 13.2 Å². The van der Waals surface area contributed by atoms with Crippen LogP contribution < -0.4 is 15.4 Å². The molecule has 0 aliphatic carbocycles. The van der Waals surface area contributed by atoms with Crippen molar-refractivity contribution in [2.45, 2.75) is 6.18 Å². The molecule has 0 saturated carbocycles. The van der Waals surface area contributed by atoms with Gasteiger partial charge in [0.2, 0.25) is 0 Å². The number of alkyl halides is 3. The van der Waals surface area contributed by atoms with Gasteiger partial charge in [-0.25, -0.2) is 0 Å². The Morgan fingerprint density at radius 1 is 1.14 bits per heavy atom. The van der Waals surface area contributed by atoms with Crippen LogP contribution in [0.15, 0.2) is 29.3 Å². The third-order valence-corrected chi connectivity index (χ3v) is 2.67. The summed E-state index contributed by atoms with van der Waals surface area (Å²) in [6.45, 7) is 1.50. The van der Waals surface area contributed by atoms with Crippen molar-refractivity contribution in [3.8, 4) is 5.75 Å². The lowest BCUT2D eigenvalue weighted by Crippen LogP contribution is -2.40. The lowest BCUT2D eigenvalue weighted by atomic mass is 10.2. The van der Waals surface area contributed by atoms with Gasteiger partial charge in [0.25, 0.3) is 0 Å². The van der Waals surface area contributed by atoms with E-state index in [1.807, 2.05) is 0 Å². The van der Waals surface area contributed by atoms with E-state index >= 15 is 0 Å². The van der Waals surface area contributed by atoms with E-state index in [2.05, 4.69) is 15.6 Å². The van der Waals surface area contributed by atoms with Crippen molar-refractivity contribution in [1.82, 2.24) is 10.6 Å². The molecule has 1 rings (SSSR count). The molecule has 1 aromatic rings. The summed E-state index contributed by atoms with van der Waals surface area (Å²) in [6.07, 6.45) is -4.43. The molecule has 0 saturated heterocycles. The maximum absolute atomic E-state index is 12.8. The molecule has 0 atom stereocenters. The Kier molecular flexibility index (Phi) is 7.51. The number of nitrogens with one attached hydrogen (secondary N) is 2.